The Bertz CT molecular complexity index is 875. The van der Waals surface area contributed by atoms with Crippen molar-refractivity contribution in [2.45, 2.75) is 6.61 Å². The molecule has 0 N–H and O–H groups in total. The van der Waals surface area contributed by atoms with Gasteiger partial charge in [-0.2, -0.15) is 0 Å². The molecule has 0 saturated heterocycles. The molecule has 0 bridgehead atoms. The Morgan fingerprint density at radius 3 is 2.31 bits per heavy atom. The van der Waals surface area contributed by atoms with Gasteiger partial charge in [0.15, 0.2) is 0 Å². The summed E-state index contributed by atoms with van der Waals surface area (Å²) in [5.41, 5.74) is 2.07. The van der Waals surface area contributed by atoms with E-state index in [2.05, 4.69) is 5.16 Å². The molecule has 0 atom stereocenters. The molecule has 3 rings (SSSR count). The first kappa shape index (κ1) is 17.4. The lowest BCUT2D eigenvalue weighted by molar-refractivity contribution is 0.0519. The molecule has 0 aliphatic carbocycles. The third-order valence-corrected chi connectivity index (χ3v) is 3.55. The van der Waals surface area contributed by atoms with E-state index >= 15 is 0 Å². The Morgan fingerprint density at radius 1 is 0.923 bits per heavy atom. The van der Waals surface area contributed by atoms with Crippen molar-refractivity contribution >= 4 is 12.2 Å². The average Bonchev–Trinajstić information content (AvgIpc) is 2.68. The predicted molar refractivity (Wildman–Crippen MR) is 96.6 cm³/mol. The number of nitrogens with zero attached hydrogens (tertiary/aromatic N) is 1. The van der Waals surface area contributed by atoms with Crippen LogP contribution in [-0.2, 0) is 11.4 Å². The van der Waals surface area contributed by atoms with Crippen LogP contribution >= 0.6 is 0 Å². The first-order valence-electron chi connectivity index (χ1n) is 7.98. The van der Waals surface area contributed by atoms with Gasteiger partial charge in [0, 0.05) is 0 Å². The Balaban J connectivity index is 1.51. The van der Waals surface area contributed by atoms with Crippen molar-refractivity contribution in [3.8, 4) is 5.75 Å². The standard InChI is InChI=1S/C21H16FNO3/c22-19-10-8-18(9-11-19)21(24)26-23-14-16-6-12-20(13-7-16)25-15-17-4-2-1-3-5-17/h1-14H,15H2. The summed E-state index contributed by atoms with van der Waals surface area (Å²) >= 11 is 0. The van der Waals surface area contributed by atoms with E-state index < -0.39 is 11.8 Å². The molecule has 4 nitrogen and oxygen atoms in total. The van der Waals surface area contributed by atoms with E-state index in [4.69, 9.17) is 9.57 Å². The topological polar surface area (TPSA) is 47.9 Å². The van der Waals surface area contributed by atoms with Crippen LogP contribution in [0.5, 0.6) is 5.75 Å². The van der Waals surface area contributed by atoms with E-state index in [1.807, 2.05) is 42.5 Å². The molecule has 130 valence electrons. The number of oxime groups is 1. The van der Waals surface area contributed by atoms with Crippen molar-refractivity contribution < 1.29 is 18.8 Å². The maximum absolute atomic E-state index is 12.8. The summed E-state index contributed by atoms with van der Waals surface area (Å²) in [6.45, 7) is 0.490. The minimum Gasteiger partial charge on any atom is -0.489 e. The molecule has 3 aromatic carbocycles. The summed E-state index contributed by atoms with van der Waals surface area (Å²) in [6, 6.07) is 22.2. The van der Waals surface area contributed by atoms with Gasteiger partial charge in [-0.3, -0.25) is 0 Å². The molecule has 5 heteroatoms. The quantitative estimate of drug-likeness (QED) is 0.371. The van der Waals surface area contributed by atoms with E-state index in [9.17, 15) is 9.18 Å². The normalized spacial score (nSPS) is 10.7. The summed E-state index contributed by atoms with van der Waals surface area (Å²) in [4.78, 5) is 16.5. The number of halogens is 1. The van der Waals surface area contributed by atoms with Crippen LogP contribution < -0.4 is 4.74 Å². The first-order chi connectivity index (χ1) is 12.7. The van der Waals surface area contributed by atoms with Gasteiger partial charge < -0.3 is 9.57 Å². The van der Waals surface area contributed by atoms with Gasteiger partial charge in [-0.1, -0.05) is 35.5 Å². The molecule has 0 spiro atoms. The van der Waals surface area contributed by atoms with Gasteiger partial charge >= 0.3 is 5.97 Å². The number of rotatable bonds is 6. The van der Waals surface area contributed by atoms with Crippen LogP contribution in [0.1, 0.15) is 21.5 Å². The summed E-state index contributed by atoms with van der Waals surface area (Å²) < 4.78 is 18.5. The highest BCUT2D eigenvalue weighted by atomic mass is 19.1. The van der Waals surface area contributed by atoms with Gasteiger partial charge in [-0.25, -0.2) is 9.18 Å². The third kappa shape index (κ3) is 5.01. The van der Waals surface area contributed by atoms with Crippen LogP contribution in [0.2, 0.25) is 0 Å². The van der Waals surface area contributed by atoms with Gasteiger partial charge in [-0.15, -0.1) is 0 Å². The Morgan fingerprint density at radius 2 is 1.62 bits per heavy atom. The fraction of sp³-hybridized carbons (Fsp3) is 0.0476. The monoisotopic (exact) mass is 349 g/mol. The second kappa shape index (κ2) is 8.58. The first-order valence-corrected chi connectivity index (χ1v) is 7.98. The molecule has 0 fully saturated rings. The largest absolute Gasteiger partial charge is 0.489 e. The molecule has 26 heavy (non-hydrogen) atoms. The minimum atomic E-state index is -0.649. The zero-order valence-electron chi connectivity index (χ0n) is 13.8. The number of carbonyl (C=O) groups excluding carboxylic acids is 1. The second-order valence-corrected chi connectivity index (χ2v) is 5.46. The maximum atomic E-state index is 12.8. The van der Waals surface area contributed by atoms with Gasteiger partial charge in [0.1, 0.15) is 18.2 Å². The van der Waals surface area contributed by atoms with E-state index in [0.717, 1.165) is 16.9 Å². The lowest BCUT2D eigenvalue weighted by Gasteiger charge is -2.06. The second-order valence-electron chi connectivity index (χ2n) is 5.46. The van der Waals surface area contributed by atoms with Crippen molar-refractivity contribution in [1.29, 1.82) is 0 Å². The van der Waals surface area contributed by atoms with Gasteiger partial charge in [0.05, 0.1) is 11.8 Å². The Hall–Kier alpha value is -3.47. The molecule has 0 amide bonds. The average molecular weight is 349 g/mol. The third-order valence-electron chi connectivity index (χ3n) is 3.55. The molecule has 3 aromatic rings. The van der Waals surface area contributed by atoms with E-state index in [0.29, 0.717) is 6.61 Å². The number of hydrogen-bond acceptors (Lipinski definition) is 4. The zero-order valence-corrected chi connectivity index (χ0v) is 13.8. The highest BCUT2D eigenvalue weighted by molar-refractivity contribution is 5.90. The smallest absolute Gasteiger partial charge is 0.365 e. The SMILES string of the molecule is O=C(ON=Cc1ccc(OCc2ccccc2)cc1)c1ccc(F)cc1. The van der Waals surface area contributed by atoms with Gasteiger partial charge in [0.2, 0.25) is 0 Å². The number of carbonyl (C=O) groups is 1. The van der Waals surface area contributed by atoms with E-state index in [-0.39, 0.29) is 5.56 Å². The molecule has 0 aliphatic heterocycles. The Labute approximate surface area is 150 Å². The fourth-order valence-electron chi connectivity index (χ4n) is 2.16. The summed E-state index contributed by atoms with van der Waals surface area (Å²) in [6.07, 6.45) is 1.42. The van der Waals surface area contributed by atoms with Crippen molar-refractivity contribution in [1.82, 2.24) is 0 Å². The highest BCUT2D eigenvalue weighted by Crippen LogP contribution is 2.13. The Kier molecular flexibility index (Phi) is 5.72. The van der Waals surface area contributed by atoms with Crippen LogP contribution in [0.15, 0.2) is 84.0 Å². The zero-order chi connectivity index (χ0) is 18.2. The minimum absolute atomic E-state index is 0.230. The van der Waals surface area contributed by atoms with Crippen molar-refractivity contribution in [2.24, 2.45) is 5.16 Å². The van der Waals surface area contributed by atoms with Crippen molar-refractivity contribution in [3.63, 3.8) is 0 Å². The molecule has 0 aromatic heterocycles. The van der Waals surface area contributed by atoms with Gasteiger partial charge in [-0.05, 0) is 59.7 Å². The molecule has 0 heterocycles. The predicted octanol–water partition coefficient (Wildman–Crippen LogP) is 4.60. The molecule has 0 aliphatic rings. The van der Waals surface area contributed by atoms with Crippen LogP contribution in [0.3, 0.4) is 0 Å². The van der Waals surface area contributed by atoms with Crippen LogP contribution in [0.4, 0.5) is 4.39 Å². The summed E-state index contributed by atoms with van der Waals surface area (Å²) in [5.74, 6) is -0.335. The molecular formula is C21H16FNO3. The van der Waals surface area contributed by atoms with Crippen LogP contribution in [0.25, 0.3) is 0 Å². The van der Waals surface area contributed by atoms with Crippen molar-refractivity contribution in [3.05, 3.63) is 101 Å². The number of ether oxygens (including phenoxy) is 1. The van der Waals surface area contributed by atoms with Crippen LogP contribution in [0, 0.1) is 5.82 Å². The highest BCUT2D eigenvalue weighted by Gasteiger charge is 2.06. The maximum Gasteiger partial charge on any atom is 0.365 e. The van der Waals surface area contributed by atoms with E-state index in [1.54, 1.807) is 12.1 Å². The lowest BCUT2D eigenvalue weighted by atomic mass is 10.2. The molecule has 0 saturated carbocycles. The summed E-state index contributed by atoms with van der Waals surface area (Å²) in [7, 11) is 0. The lowest BCUT2D eigenvalue weighted by Crippen LogP contribution is -2.01. The van der Waals surface area contributed by atoms with Crippen LogP contribution in [-0.4, -0.2) is 12.2 Å². The van der Waals surface area contributed by atoms with Gasteiger partial charge in [0.25, 0.3) is 0 Å². The fourth-order valence-corrected chi connectivity index (χ4v) is 2.16. The molecular weight excluding hydrogens is 333 g/mol. The molecule has 0 radical (unpaired) electrons. The number of benzene rings is 3. The molecule has 0 unspecified atom stereocenters. The van der Waals surface area contributed by atoms with Crippen molar-refractivity contribution in [2.75, 3.05) is 0 Å². The van der Waals surface area contributed by atoms with E-state index in [1.165, 1.54) is 30.5 Å². The number of hydrogen-bond donors (Lipinski definition) is 0. The summed E-state index contributed by atoms with van der Waals surface area (Å²) in [5, 5.41) is 3.65.